The van der Waals surface area contributed by atoms with Crippen LogP contribution in [0.3, 0.4) is 0 Å². The highest BCUT2D eigenvalue weighted by Crippen LogP contribution is 2.58. The van der Waals surface area contributed by atoms with Crippen LogP contribution in [0.15, 0.2) is 170 Å². The van der Waals surface area contributed by atoms with Gasteiger partial charge in [0.25, 0.3) is 23.6 Å². The lowest BCUT2D eigenvalue weighted by Crippen LogP contribution is -2.54. The van der Waals surface area contributed by atoms with Crippen LogP contribution in [0.2, 0.25) is 0 Å². The van der Waals surface area contributed by atoms with E-state index >= 15 is 19.2 Å². The van der Waals surface area contributed by atoms with Crippen molar-refractivity contribution in [2.24, 2.45) is 0 Å². The number of hydrogen-bond acceptors (Lipinski definition) is 14. The Morgan fingerprint density at radius 2 is 0.622 bits per heavy atom. The molecule has 18 nitrogen and oxygen atoms in total. The van der Waals surface area contributed by atoms with Crippen molar-refractivity contribution in [2.75, 3.05) is 23.8 Å². The van der Waals surface area contributed by atoms with Gasteiger partial charge in [0.2, 0.25) is 11.8 Å². The Hall–Kier alpha value is -11.1. The first-order valence-electron chi connectivity index (χ1n) is 32.4. The van der Waals surface area contributed by atoms with Crippen molar-refractivity contribution in [1.82, 2.24) is 19.8 Å². The van der Waals surface area contributed by atoms with Gasteiger partial charge in [0.15, 0.2) is 0 Å². The lowest BCUT2D eigenvalue weighted by molar-refractivity contribution is -0.121. The van der Waals surface area contributed by atoms with Crippen LogP contribution in [0.1, 0.15) is 147 Å². The van der Waals surface area contributed by atoms with Crippen molar-refractivity contribution < 1.29 is 57.9 Å². The number of pyridine rings is 2. The molecule has 2 atom stereocenters. The van der Waals surface area contributed by atoms with E-state index in [9.17, 15) is 19.8 Å². The van der Waals surface area contributed by atoms with Gasteiger partial charge in [-0.3, -0.25) is 48.5 Å². The quantitative estimate of drug-likeness (QED) is 0.0400. The van der Waals surface area contributed by atoms with Crippen molar-refractivity contribution in [3.05, 3.63) is 215 Å². The number of aliphatic hydroxyl groups is 2. The van der Waals surface area contributed by atoms with Crippen molar-refractivity contribution in [3.8, 4) is 46.0 Å². The van der Waals surface area contributed by atoms with E-state index < -0.39 is 60.7 Å². The van der Waals surface area contributed by atoms with E-state index in [-0.39, 0.29) is 121 Å². The van der Waals surface area contributed by atoms with Crippen molar-refractivity contribution in [2.45, 2.75) is 117 Å². The molecule has 6 amide bonds. The Morgan fingerprint density at radius 1 is 0.378 bits per heavy atom. The molecule has 2 aliphatic rings. The van der Waals surface area contributed by atoms with E-state index in [2.05, 4.69) is 104 Å². The molecule has 18 heteroatoms. The summed E-state index contributed by atoms with van der Waals surface area (Å²) < 4.78 is 28.8. The number of imide groups is 2. The lowest BCUT2D eigenvalue weighted by atomic mass is 9.80. The summed E-state index contributed by atoms with van der Waals surface area (Å²) in [5, 5.41) is 29.5. The number of hydrogen-bond donors (Lipinski definition) is 4. The summed E-state index contributed by atoms with van der Waals surface area (Å²) in [6.45, 7) is 23.0. The number of aliphatic hydroxyl groups excluding tert-OH is 2. The molecule has 2 unspecified atom stereocenters. The largest absolute Gasteiger partial charge is 0.457 e. The van der Waals surface area contributed by atoms with Gasteiger partial charge in [0, 0.05) is 55.5 Å². The van der Waals surface area contributed by atoms with E-state index in [0.717, 1.165) is 32.1 Å². The minimum atomic E-state index is -1.79. The van der Waals surface area contributed by atoms with E-state index in [1.54, 1.807) is 72.8 Å². The fourth-order valence-corrected chi connectivity index (χ4v) is 12.9. The Labute approximate surface area is 566 Å². The lowest BCUT2D eigenvalue weighted by Gasteiger charge is -2.35. The van der Waals surface area contributed by atoms with Gasteiger partial charge < -0.3 is 39.8 Å². The number of nitrogens with one attached hydrogen (secondary N) is 2. The fraction of sp³-hybridized carbons (Fsp3) is 0.250. The Morgan fingerprint density at radius 3 is 0.827 bits per heavy atom. The first kappa shape index (κ1) is 65.6. The predicted octanol–water partition coefficient (Wildman–Crippen LogP) is 16.1. The van der Waals surface area contributed by atoms with Gasteiger partial charge in [0.05, 0.1) is 59.2 Å². The van der Waals surface area contributed by atoms with E-state index in [0.29, 0.717) is 23.0 Å². The smallest absolute Gasteiger partial charge is 0.262 e. The van der Waals surface area contributed by atoms with Crippen LogP contribution in [0.25, 0.3) is 43.1 Å². The normalized spacial score (nSPS) is 14.1. The Kier molecular flexibility index (Phi) is 16.4. The van der Waals surface area contributed by atoms with Crippen LogP contribution >= 0.6 is 0 Å². The highest BCUT2D eigenvalue weighted by Gasteiger charge is 2.46. The topological polar surface area (TPSA) is 236 Å². The molecule has 0 spiro atoms. The van der Waals surface area contributed by atoms with E-state index in [1.165, 1.54) is 49.1 Å². The van der Waals surface area contributed by atoms with Crippen molar-refractivity contribution in [3.63, 3.8) is 0 Å². The number of carbonyl (C=O) groups is 6. The number of carbonyl (C=O) groups excluding carboxylic acids is 6. The SMILES string of the molecule is CC(C)(C)c1ccc(Oc2cc3c4c(cc(Oc5ccc(C(C)(C)C)cc5)c5c6c(Oc7ccc(C(C)(C)C)cc7)cc7c8c(cc(Oc9ccc(C(C)(C)C)cc9)c(c2c45)c86)C(=O)N(C(CO)C(=O)Nc2cccnc2)C7=O)C(=O)N(C(CO)C(=O)Nc2cccnc2)C3=O)cc1. The number of ether oxygens (including phenoxy) is 4. The number of rotatable bonds is 16. The highest BCUT2D eigenvalue weighted by atomic mass is 16.5. The second-order valence-electron chi connectivity index (χ2n) is 29.0. The van der Waals surface area contributed by atoms with Crippen molar-refractivity contribution in [1.29, 1.82) is 0 Å². The van der Waals surface area contributed by atoms with Crippen LogP contribution in [0, 0.1) is 0 Å². The average molecular weight is 1310 g/mol. The first-order chi connectivity index (χ1) is 46.5. The number of aromatic nitrogens is 2. The van der Waals surface area contributed by atoms with Gasteiger partial charge >= 0.3 is 0 Å². The molecule has 496 valence electrons. The van der Waals surface area contributed by atoms with Crippen LogP contribution in [-0.2, 0) is 31.2 Å². The maximum absolute atomic E-state index is 16.0. The predicted molar refractivity (Wildman–Crippen MR) is 377 cm³/mol. The summed E-state index contributed by atoms with van der Waals surface area (Å²) in [5.41, 5.74) is 2.87. The molecule has 0 saturated heterocycles. The third kappa shape index (κ3) is 11.8. The minimum absolute atomic E-state index is 0.0138. The standard InChI is InChI=1S/C80H74N6O12/c1-77(2,3)43-17-25-49(26-18-43)95-59-35-53-63-54(74(92)85(73(53)91)57(41-87)71(89)83-47-15-13-33-81-39-47)37-61(97-51-29-21-45(22-30-51)79(7,8)9)67-68-62(98-52-31-23-46(24-32-52)80(10,11)12)38-56-64-55(75(93)86(76(56)94)58(42-88)72(90)84-48-16-14-34-82-40-48)36-60(66(70(64)68)65(59)69(63)67)96-50-27-19-44(20-28-50)78(4,5)6/h13-40,57-58,87-88H,41-42H2,1-12H3,(H,83,89)(H,84,90). The summed E-state index contributed by atoms with van der Waals surface area (Å²) in [4.78, 5) is 103. The molecule has 0 bridgehead atoms. The summed E-state index contributed by atoms with van der Waals surface area (Å²) in [6.07, 6.45) is 5.81. The van der Waals surface area contributed by atoms with Crippen molar-refractivity contribution >= 4 is 89.9 Å². The molecular formula is C80H74N6O12. The maximum Gasteiger partial charge on any atom is 0.262 e. The average Bonchev–Trinajstić information content (AvgIpc) is 0.671. The first-order valence-corrected chi connectivity index (χ1v) is 32.4. The highest BCUT2D eigenvalue weighted by molar-refractivity contribution is 6.45. The van der Waals surface area contributed by atoms with Gasteiger partial charge in [-0.05, 0) is 141 Å². The van der Waals surface area contributed by atoms with E-state index in [1.807, 2.05) is 48.5 Å². The molecule has 4 heterocycles. The molecule has 0 saturated carbocycles. The molecule has 0 radical (unpaired) electrons. The molecule has 0 aliphatic carbocycles. The van der Waals surface area contributed by atoms with Gasteiger partial charge in [0.1, 0.15) is 58.1 Å². The minimum Gasteiger partial charge on any atom is -0.457 e. The summed E-state index contributed by atoms with van der Waals surface area (Å²) >= 11 is 0. The van der Waals surface area contributed by atoms with Gasteiger partial charge in [-0.25, -0.2) is 0 Å². The summed E-state index contributed by atoms with van der Waals surface area (Å²) in [5.74, 6) is -4.28. The number of benzene rings is 9. The van der Waals surface area contributed by atoms with Gasteiger partial charge in [-0.15, -0.1) is 0 Å². The number of amides is 6. The van der Waals surface area contributed by atoms with Gasteiger partial charge in [-0.1, -0.05) is 132 Å². The Bertz CT molecular complexity index is 4470. The zero-order valence-electron chi connectivity index (χ0n) is 56.5. The molecule has 9 aromatic carbocycles. The molecular weight excluding hydrogens is 1240 g/mol. The van der Waals surface area contributed by atoms with Crippen LogP contribution < -0.4 is 29.6 Å². The van der Waals surface area contributed by atoms with Crippen LogP contribution in [-0.4, -0.2) is 90.7 Å². The molecule has 11 aromatic rings. The maximum atomic E-state index is 16.0. The fourth-order valence-electron chi connectivity index (χ4n) is 12.9. The van der Waals surface area contributed by atoms with E-state index in [4.69, 9.17) is 18.9 Å². The second-order valence-corrected chi connectivity index (χ2v) is 29.0. The molecule has 13 rings (SSSR count). The third-order valence-corrected chi connectivity index (χ3v) is 18.2. The molecule has 0 fully saturated rings. The number of fused-ring (bicyclic) bond motifs is 2. The second kappa shape index (κ2) is 24.5. The van der Waals surface area contributed by atoms with Crippen LogP contribution in [0.5, 0.6) is 46.0 Å². The monoisotopic (exact) mass is 1310 g/mol. The van der Waals surface area contributed by atoms with Crippen LogP contribution in [0.4, 0.5) is 11.4 Å². The van der Waals surface area contributed by atoms with Gasteiger partial charge in [-0.2, -0.15) is 0 Å². The molecule has 98 heavy (non-hydrogen) atoms. The number of anilines is 2. The summed E-state index contributed by atoms with van der Waals surface area (Å²) in [7, 11) is 0. The number of nitrogens with zero attached hydrogens (tertiary/aromatic N) is 4. The zero-order chi connectivity index (χ0) is 69.7. The molecule has 2 aromatic heterocycles. The molecule has 2 aliphatic heterocycles. The molecule has 4 N–H and O–H groups in total. The third-order valence-electron chi connectivity index (χ3n) is 18.2. The Balaban J connectivity index is 1.20. The zero-order valence-corrected chi connectivity index (χ0v) is 56.5. The summed E-state index contributed by atoms with van der Waals surface area (Å²) in [6, 6.07) is 38.5.